The van der Waals surface area contributed by atoms with E-state index in [4.69, 9.17) is 4.42 Å². The fourth-order valence-electron chi connectivity index (χ4n) is 2.69. The number of rotatable bonds is 4. The number of hydrogen-bond donors (Lipinski definition) is 1. The maximum absolute atomic E-state index is 5.52. The van der Waals surface area contributed by atoms with Gasteiger partial charge >= 0.3 is 0 Å². The quantitative estimate of drug-likeness (QED) is 0.871. The maximum atomic E-state index is 5.52. The molecule has 0 aliphatic carbocycles. The third-order valence-electron chi connectivity index (χ3n) is 4.05. The van der Waals surface area contributed by atoms with Crippen molar-refractivity contribution in [1.82, 2.24) is 10.2 Å². The van der Waals surface area contributed by atoms with Crippen LogP contribution < -0.4 is 5.32 Å². The molecule has 1 aromatic heterocycles. The molecule has 1 N–H and O–H groups in total. The minimum Gasteiger partial charge on any atom is -0.468 e. The standard InChI is InChI=1S/C14H24N2O/c1-11-5-4-7-16(12(11)2)10-13-6-8-17-14(13)9-15-3/h6,8,11-12,15H,4-5,7,9-10H2,1-3H3. The van der Waals surface area contributed by atoms with Crippen LogP contribution in [-0.4, -0.2) is 24.5 Å². The molecule has 17 heavy (non-hydrogen) atoms. The first-order valence-corrected chi connectivity index (χ1v) is 6.66. The Labute approximate surface area is 104 Å². The lowest BCUT2D eigenvalue weighted by Crippen LogP contribution is -2.41. The van der Waals surface area contributed by atoms with Gasteiger partial charge in [0.2, 0.25) is 0 Å². The predicted molar refractivity (Wildman–Crippen MR) is 69.7 cm³/mol. The smallest absolute Gasteiger partial charge is 0.122 e. The Kier molecular flexibility index (Phi) is 4.24. The van der Waals surface area contributed by atoms with E-state index in [0.29, 0.717) is 6.04 Å². The zero-order valence-electron chi connectivity index (χ0n) is 11.2. The number of nitrogens with zero attached hydrogens (tertiary/aromatic N) is 1. The molecule has 2 rings (SSSR count). The lowest BCUT2D eigenvalue weighted by Gasteiger charge is -2.37. The molecule has 0 radical (unpaired) electrons. The zero-order chi connectivity index (χ0) is 12.3. The van der Waals surface area contributed by atoms with E-state index in [1.54, 1.807) is 6.26 Å². The second kappa shape index (κ2) is 5.69. The van der Waals surface area contributed by atoms with Crippen LogP contribution in [0.25, 0.3) is 0 Å². The molecule has 0 spiro atoms. The minimum atomic E-state index is 0.682. The first kappa shape index (κ1) is 12.7. The van der Waals surface area contributed by atoms with Crippen LogP contribution in [0.4, 0.5) is 0 Å². The van der Waals surface area contributed by atoms with Gasteiger partial charge in [0.1, 0.15) is 5.76 Å². The Balaban J connectivity index is 2.01. The van der Waals surface area contributed by atoms with Crippen LogP contribution in [0.2, 0.25) is 0 Å². The molecule has 96 valence electrons. The summed E-state index contributed by atoms with van der Waals surface area (Å²) in [4.78, 5) is 2.58. The van der Waals surface area contributed by atoms with Crippen molar-refractivity contribution in [2.24, 2.45) is 5.92 Å². The van der Waals surface area contributed by atoms with E-state index in [1.807, 2.05) is 7.05 Å². The predicted octanol–water partition coefficient (Wildman–Crippen LogP) is 2.62. The molecule has 2 atom stereocenters. The van der Waals surface area contributed by atoms with Crippen LogP contribution in [0.3, 0.4) is 0 Å². The third kappa shape index (κ3) is 2.90. The molecule has 1 fully saturated rings. The van der Waals surface area contributed by atoms with Crippen molar-refractivity contribution in [3.8, 4) is 0 Å². The lowest BCUT2D eigenvalue weighted by molar-refractivity contribution is 0.106. The van der Waals surface area contributed by atoms with Gasteiger partial charge in [0, 0.05) is 18.2 Å². The molecule has 0 saturated carbocycles. The fraction of sp³-hybridized carbons (Fsp3) is 0.714. The Bertz CT molecular complexity index is 348. The lowest BCUT2D eigenvalue weighted by atomic mass is 9.92. The minimum absolute atomic E-state index is 0.682. The van der Waals surface area contributed by atoms with Gasteiger partial charge < -0.3 is 9.73 Å². The monoisotopic (exact) mass is 236 g/mol. The molecule has 1 aliphatic heterocycles. The topological polar surface area (TPSA) is 28.4 Å². The number of likely N-dealkylation sites (tertiary alicyclic amines) is 1. The van der Waals surface area contributed by atoms with Crippen LogP contribution in [-0.2, 0) is 13.1 Å². The summed E-state index contributed by atoms with van der Waals surface area (Å²) < 4.78 is 5.52. The largest absolute Gasteiger partial charge is 0.468 e. The van der Waals surface area contributed by atoms with Gasteiger partial charge in [-0.25, -0.2) is 0 Å². The van der Waals surface area contributed by atoms with Crippen molar-refractivity contribution in [3.05, 3.63) is 23.7 Å². The molecule has 1 aliphatic rings. The number of hydrogen-bond acceptors (Lipinski definition) is 3. The second-order valence-corrected chi connectivity index (χ2v) is 5.23. The Hall–Kier alpha value is -0.800. The van der Waals surface area contributed by atoms with Gasteiger partial charge in [0.05, 0.1) is 12.8 Å². The van der Waals surface area contributed by atoms with E-state index in [1.165, 1.54) is 24.9 Å². The van der Waals surface area contributed by atoms with Crippen LogP contribution in [0, 0.1) is 5.92 Å². The molecular formula is C14H24N2O. The molecule has 2 unspecified atom stereocenters. The number of furan rings is 1. The van der Waals surface area contributed by atoms with Gasteiger partial charge in [0.15, 0.2) is 0 Å². The Morgan fingerprint density at radius 3 is 3.06 bits per heavy atom. The van der Waals surface area contributed by atoms with Crippen molar-refractivity contribution in [2.75, 3.05) is 13.6 Å². The average Bonchev–Trinajstić information content (AvgIpc) is 2.73. The van der Waals surface area contributed by atoms with E-state index in [2.05, 4.69) is 30.1 Å². The highest BCUT2D eigenvalue weighted by Gasteiger charge is 2.25. The summed E-state index contributed by atoms with van der Waals surface area (Å²) >= 11 is 0. The fourth-order valence-corrected chi connectivity index (χ4v) is 2.69. The second-order valence-electron chi connectivity index (χ2n) is 5.23. The van der Waals surface area contributed by atoms with Gasteiger partial charge in [-0.2, -0.15) is 0 Å². The molecule has 3 nitrogen and oxygen atoms in total. The summed E-state index contributed by atoms with van der Waals surface area (Å²) in [5, 5.41) is 3.16. The van der Waals surface area contributed by atoms with Crippen molar-refractivity contribution in [2.45, 2.75) is 45.8 Å². The Morgan fingerprint density at radius 2 is 2.29 bits per heavy atom. The molecular weight excluding hydrogens is 212 g/mol. The van der Waals surface area contributed by atoms with Crippen molar-refractivity contribution >= 4 is 0 Å². The summed E-state index contributed by atoms with van der Waals surface area (Å²) in [5.74, 6) is 1.89. The van der Waals surface area contributed by atoms with Gasteiger partial charge in [-0.1, -0.05) is 6.92 Å². The maximum Gasteiger partial charge on any atom is 0.122 e. The van der Waals surface area contributed by atoms with E-state index in [-0.39, 0.29) is 0 Å². The molecule has 1 saturated heterocycles. The van der Waals surface area contributed by atoms with E-state index < -0.39 is 0 Å². The van der Waals surface area contributed by atoms with E-state index >= 15 is 0 Å². The molecule has 0 aromatic carbocycles. The van der Waals surface area contributed by atoms with E-state index in [9.17, 15) is 0 Å². The molecule has 0 amide bonds. The average molecular weight is 236 g/mol. The summed E-state index contributed by atoms with van der Waals surface area (Å²) in [7, 11) is 1.96. The van der Waals surface area contributed by atoms with Gasteiger partial charge in [0.25, 0.3) is 0 Å². The summed E-state index contributed by atoms with van der Waals surface area (Å²) in [6.07, 6.45) is 4.50. The highest BCUT2D eigenvalue weighted by molar-refractivity contribution is 5.17. The van der Waals surface area contributed by atoms with Gasteiger partial charge in [-0.15, -0.1) is 0 Å². The third-order valence-corrected chi connectivity index (χ3v) is 4.05. The van der Waals surface area contributed by atoms with Crippen LogP contribution in [0.1, 0.15) is 38.0 Å². The van der Waals surface area contributed by atoms with Crippen molar-refractivity contribution in [3.63, 3.8) is 0 Å². The summed E-state index contributed by atoms with van der Waals surface area (Å²) in [6.45, 7) is 7.77. The molecule has 0 bridgehead atoms. The molecule has 2 heterocycles. The molecule has 3 heteroatoms. The SMILES string of the molecule is CNCc1occc1CN1CCCC(C)C1C. The van der Waals surface area contributed by atoms with Crippen LogP contribution >= 0.6 is 0 Å². The molecule has 1 aromatic rings. The van der Waals surface area contributed by atoms with Crippen LogP contribution in [0.15, 0.2) is 16.7 Å². The number of nitrogens with one attached hydrogen (secondary N) is 1. The zero-order valence-corrected chi connectivity index (χ0v) is 11.2. The van der Waals surface area contributed by atoms with Crippen molar-refractivity contribution < 1.29 is 4.42 Å². The number of piperidine rings is 1. The van der Waals surface area contributed by atoms with Gasteiger partial charge in [-0.3, -0.25) is 4.90 Å². The van der Waals surface area contributed by atoms with Crippen LogP contribution in [0.5, 0.6) is 0 Å². The van der Waals surface area contributed by atoms with E-state index in [0.717, 1.165) is 24.8 Å². The highest BCUT2D eigenvalue weighted by atomic mass is 16.3. The van der Waals surface area contributed by atoms with Crippen molar-refractivity contribution in [1.29, 1.82) is 0 Å². The Morgan fingerprint density at radius 1 is 1.47 bits per heavy atom. The first-order valence-electron chi connectivity index (χ1n) is 6.66. The highest BCUT2D eigenvalue weighted by Crippen LogP contribution is 2.25. The first-order chi connectivity index (χ1) is 8.22. The summed E-state index contributed by atoms with van der Waals surface area (Å²) in [6, 6.07) is 2.79. The van der Waals surface area contributed by atoms with Gasteiger partial charge in [-0.05, 0) is 45.3 Å². The summed E-state index contributed by atoms with van der Waals surface area (Å²) in [5.41, 5.74) is 1.33. The normalized spacial score (nSPS) is 26.3.